The third-order valence-corrected chi connectivity index (χ3v) is 11.2. The topological polar surface area (TPSA) is 128 Å². The van der Waals surface area contributed by atoms with Gasteiger partial charge in [0.2, 0.25) is 11.4 Å². The van der Waals surface area contributed by atoms with Crippen molar-refractivity contribution in [2.24, 2.45) is 0 Å². The number of thiazole rings is 1. The molecule has 5 aromatic rings. The Morgan fingerprint density at radius 1 is 1.00 bits per heavy atom. The van der Waals surface area contributed by atoms with Crippen LogP contribution in [0.3, 0.4) is 0 Å². The molecule has 0 saturated carbocycles. The summed E-state index contributed by atoms with van der Waals surface area (Å²) in [5.41, 5.74) is 2.33. The van der Waals surface area contributed by atoms with Gasteiger partial charge in [-0.3, -0.25) is 9.36 Å². The maximum Gasteiger partial charge on any atom is 0.345 e. The fraction of sp³-hybridized carbons (Fsp3) is 0.161. The molecule has 0 radical (unpaired) electrons. The third-order valence-electron chi connectivity index (χ3n) is 7.18. The summed E-state index contributed by atoms with van der Waals surface area (Å²) in [6.45, 7) is 3.13. The lowest BCUT2D eigenvalue weighted by molar-refractivity contribution is -0.647. The number of nitrogens with zero attached hydrogens (tertiary/aromatic N) is 2. The first-order valence-corrected chi connectivity index (χ1v) is 18.8. The van der Waals surface area contributed by atoms with Gasteiger partial charge in [0.15, 0.2) is 0 Å². The van der Waals surface area contributed by atoms with E-state index in [4.69, 9.17) is 0 Å². The van der Waals surface area contributed by atoms with E-state index in [0.29, 0.717) is 16.5 Å². The van der Waals surface area contributed by atoms with Crippen molar-refractivity contribution in [2.45, 2.75) is 31.0 Å². The number of hydrogen-bond donors (Lipinski definition) is 3. The largest absolute Gasteiger partial charge is 0.345 e. The molecular weight excluding hydrogens is 638 g/mol. The highest BCUT2D eigenvalue weighted by Crippen LogP contribution is 2.53. The summed E-state index contributed by atoms with van der Waals surface area (Å²) in [5.74, 6) is -1.13. The van der Waals surface area contributed by atoms with Crippen LogP contribution in [0, 0.1) is 0 Å². The predicted molar refractivity (Wildman–Crippen MR) is 178 cm³/mol. The summed E-state index contributed by atoms with van der Waals surface area (Å²) in [6.07, 6.45) is 3.91. The van der Waals surface area contributed by atoms with E-state index in [1.807, 2.05) is 91.9 Å². The Balaban J connectivity index is 1.51. The Morgan fingerprint density at radius 3 is 2.34 bits per heavy atom. The first kappa shape index (κ1) is 30.5. The molecule has 3 N–H and O–H groups in total. The number of thioether (sulfide) groups is 1. The van der Waals surface area contributed by atoms with E-state index < -0.39 is 35.7 Å². The van der Waals surface area contributed by atoms with Crippen LogP contribution in [-0.2, 0) is 25.3 Å². The Morgan fingerprint density at radius 2 is 1.66 bits per heavy atom. The molecule has 1 aliphatic rings. The van der Waals surface area contributed by atoms with Crippen LogP contribution in [-0.4, -0.2) is 30.4 Å². The number of allylic oxidation sites excluding steroid dienone is 2. The van der Waals surface area contributed by atoms with Crippen LogP contribution >= 0.6 is 30.7 Å². The molecule has 13 heteroatoms. The molecule has 44 heavy (non-hydrogen) atoms. The first-order chi connectivity index (χ1) is 20.9. The molecule has 1 aliphatic heterocycles. The minimum atomic E-state index is -4.44. The van der Waals surface area contributed by atoms with Gasteiger partial charge < -0.3 is 14.7 Å². The van der Waals surface area contributed by atoms with Crippen molar-refractivity contribution in [3.05, 3.63) is 94.5 Å². The van der Waals surface area contributed by atoms with Gasteiger partial charge in [-0.05, 0) is 47.0 Å². The quantitative estimate of drug-likeness (QED) is 0.130. The number of sulfonamides is 1. The molecule has 226 valence electrons. The van der Waals surface area contributed by atoms with Gasteiger partial charge in [0.25, 0.3) is 20.9 Å². The standard InChI is InChI=1S/C31H28N3O6PS3/c1-3-21(16-28-33(18-41(36,37)38)30-24-10-6-4-8-22(24)12-14-26(30)42-28)17-29-34(19-44(39,40)32-20(2)35)31-25-11-7-5-9-23(25)13-15-27(31)43-29/h4-17H,3,18-19H2,1-2H3,(H2-,32,35,36,37,38)/p+1. The van der Waals surface area contributed by atoms with Crippen LogP contribution in [0.15, 0.2) is 94.4 Å². The molecule has 1 amide bonds. The highest BCUT2D eigenvalue weighted by Gasteiger charge is 2.33. The summed E-state index contributed by atoms with van der Waals surface area (Å²) in [6, 6.07) is 23.4. The molecule has 2 heterocycles. The van der Waals surface area contributed by atoms with Crippen molar-refractivity contribution in [3.63, 3.8) is 0 Å². The number of aromatic nitrogens is 1. The number of amides is 1. The second-order valence-corrected chi connectivity index (χ2v) is 15.9. The van der Waals surface area contributed by atoms with Gasteiger partial charge in [-0.1, -0.05) is 84.6 Å². The van der Waals surface area contributed by atoms with Crippen molar-refractivity contribution in [1.29, 1.82) is 0 Å². The molecule has 0 spiro atoms. The number of fused-ring (bicyclic) bond motifs is 6. The Labute approximate surface area is 262 Å². The molecular formula is C31H29N3O6PS3+. The number of rotatable bonds is 8. The zero-order chi connectivity index (χ0) is 31.2. The summed E-state index contributed by atoms with van der Waals surface area (Å²) in [5, 5.41) is 5.03. The second-order valence-electron chi connectivity index (χ2n) is 10.4. The molecule has 0 bridgehead atoms. The highest BCUT2D eigenvalue weighted by molar-refractivity contribution is 8.03. The number of nitrogens with one attached hydrogen (secondary N) is 1. The number of hydrogen-bond acceptors (Lipinski definition) is 7. The van der Waals surface area contributed by atoms with Crippen molar-refractivity contribution in [1.82, 2.24) is 4.72 Å². The summed E-state index contributed by atoms with van der Waals surface area (Å²) in [4.78, 5) is 34.3. The SMILES string of the molecule is CCC(=C/c1sc2ccc3ccccc3c2[n+]1CS(=O)(=O)NC(C)=O)/C=C1\Sc2ccc3ccccc3c2N1CP(=O)(O)O. The van der Waals surface area contributed by atoms with E-state index in [0.717, 1.165) is 54.8 Å². The van der Waals surface area contributed by atoms with Crippen LogP contribution in [0.25, 0.3) is 37.8 Å². The minimum absolute atomic E-state index is 0.462. The van der Waals surface area contributed by atoms with Crippen LogP contribution < -0.4 is 14.2 Å². The predicted octanol–water partition coefficient (Wildman–Crippen LogP) is 6.30. The zero-order valence-electron chi connectivity index (χ0n) is 23.8. The average molecular weight is 667 g/mol. The van der Waals surface area contributed by atoms with Crippen LogP contribution in [0.4, 0.5) is 5.69 Å². The first-order valence-electron chi connectivity index (χ1n) is 13.7. The Hall–Kier alpha value is -3.51. The maximum atomic E-state index is 13.0. The van der Waals surface area contributed by atoms with Crippen LogP contribution in [0.5, 0.6) is 0 Å². The van der Waals surface area contributed by atoms with Crippen molar-refractivity contribution in [2.75, 3.05) is 11.2 Å². The van der Waals surface area contributed by atoms with Crippen LogP contribution in [0.1, 0.15) is 25.3 Å². The molecule has 0 saturated heterocycles. The third kappa shape index (κ3) is 6.19. The van der Waals surface area contributed by atoms with E-state index in [-0.39, 0.29) is 0 Å². The monoisotopic (exact) mass is 666 g/mol. The van der Waals surface area contributed by atoms with Gasteiger partial charge in [0, 0.05) is 23.3 Å². The molecule has 4 aromatic carbocycles. The van der Waals surface area contributed by atoms with E-state index in [1.54, 1.807) is 9.47 Å². The van der Waals surface area contributed by atoms with Gasteiger partial charge in [-0.25, -0.2) is 4.72 Å². The lowest BCUT2D eigenvalue weighted by Crippen LogP contribution is -2.44. The Bertz CT molecular complexity index is 2190. The summed E-state index contributed by atoms with van der Waals surface area (Å²) >= 11 is 2.87. The van der Waals surface area contributed by atoms with Gasteiger partial charge >= 0.3 is 7.60 Å². The van der Waals surface area contributed by atoms with Crippen molar-refractivity contribution in [3.8, 4) is 0 Å². The van der Waals surface area contributed by atoms with Gasteiger partial charge in [-0.15, -0.1) is 0 Å². The van der Waals surface area contributed by atoms with E-state index in [2.05, 4.69) is 4.72 Å². The highest BCUT2D eigenvalue weighted by atomic mass is 32.2. The summed E-state index contributed by atoms with van der Waals surface area (Å²) in [7, 11) is -8.45. The number of anilines is 1. The molecule has 0 fully saturated rings. The average Bonchev–Trinajstić information content (AvgIpc) is 3.48. The molecule has 1 aromatic heterocycles. The molecule has 6 rings (SSSR count). The molecule has 9 nitrogen and oxygen atoms in total. The normalized spacial score (nSPS) is 15.0. The van der Waals surface area contributed by atoms with Crippen molar-refractivity contribution < 1.29 is 32.1 Å². The molecule has 0 unspecified atom stereocenters. The second kappa shape index (κ2) is 11.8. The zero-order valence-corrected chi connectivity index (χ0v) is 27.1. The van der Waals surface area contributed by atoms with E-state index in [9.17, 15) is 27.6 Å². The van der Waals surface area contributed by atoms with Crippen LogP contribution in [0.2, 0.25) is 0 Å². The number of carbonyl (C=O) groups excluding carboxylic acids is 1. The molecule has 0 aliphatic carbocycles. The number of benzene rings is 4. The summed E-state index contributed by atoms with van der Waals surface area (Å²) < 4.78 is 43.0. The van der Waals surface area contributed by atoms with Gasteiger partial charge in [-0.2, -0.15) is 13.0 Å². The lowest BCUT2D eigenvalue weighted by Gasteiger charge is -2.22. The Kier molecular flexibility index (Phi) is 8.17. The fourth-order valence-corrected chi connectivity index (χ4v) is 9.66. The van der Waals surface area contributed by atoms with Crippen molar-refractivity contribution >= 4 is 90.1 Å². The fourth-order valence-electron chi connectivity index (χ4n) is 5.40. The minimum Gasteiger partial charge on any atom is -0.323 e. The van der Waals surface area contributed by atoms with Gasteiger partial charge in [0.05, 0.1) is 16.1 Å². The lowest BCUT2D eigenvalue weighted by atomic mass is 10.1. The maximum absolute atomic E-state index is 13.0. The number of carbonyl (C=O) groups is 1. The van der Waals surface area contributed by atoms with Gasteiger partial charge in [0.1, 0.15) is 11.0 Å². The van der Waals surface area contributed by atoms with E-state index in [1.165, 1.54) is 23.1 Å². The van der Waals surface area contributed by atoms with E-state index >= 15 is 0 Å². The smallest absolute Gasteiger partial charge is 0.323 e. The molecule has 0 atom stereocenters.